The van der Waals surface area contributed by atoms with E-state index in [0.717, 1.165) is 0 Å². The van der Waals surface area contributed by atoms with Crippen molar-refractivity contribution in [3.8, 4) is 11.7 Å². The molecule has 0 saturated carbocycles. The Bertz CT molecular complexity index is 638. The number of carbonyl (C=O) groups is 1. The van der Waals surface area contributed by atoms with Gasteiger partial charge in [-0.2, -0.15) is 4.98 Å². The van der Waals surface area contributed by atoms with Crippen LogP contribution in [0.3, 0.4) is 0 Å². The van der Waals surface area contributed by atoms with E-state index in [0.29, 0.717) is 29.9 Å². The lowest BCUT2D eigenvalue weighted by Crippen LogP contribution is -2.10. The molecule has 2 aromatic heterocycles. The van der Waals surface area contributed by atoms with Gasteiger partial charge in [0.2, 0.25) is 5.88 Å². The van der Waals surface area contributed by atoms with Gasteiger partial charge in [-0.05, 0) is 18.1 Å². The number of nitrogen functional groups attached to an aromatic ring is 1. The van der Waals surface area contributed by atoms with Crippen LogP contribution in [-0.2, 0) is 4.74 Å². The Kier molecular flexibility index (Phi) is 4.36. The molecule has 2 N–H and O–H groups in total. The van der Waals surface area contributed by atoms with Crippen molar-refractivity contribution in [1.29, 1.82) is 0 Å². The van der Waals surface area contributed by atoms with Crippen LogP contribution in [0, 0.1) is 5.92 Å². The number of methoxy groups -OCH3 is 1. The van der Waals surface area contributed by atoms with E-state index >= 15 is 0 Å². The van der Waals surface area contributed by atoms with Crippen molar-refractivity contribution < 1.29 is 14.3 Å². The normalized spacial score (nSPS) is 10.7. The summed E-state index contributed by atoms with van der Waals surface area (Å²) in [6.45, 7) is 4.56. The molecule has 0 saturated heterocycles. The molecule has 0 unspecified atom stereocenters. The fraction of sp³-hybridized carbons (Fsp3) is 0.385. The largest absolute Gasteiger partial charge is 0.476 e. The molecule has 0 spiro atoms. The average Bonchev–Trinajstić information content (AvgIpc) is 2.95. The van der Waals surface area contributed by atoms with Crippen LogP contribution in [0.5, 0.6) is 5.88 Å². The van der Waals surface area contributed by atoms with Gasteiger partial charge in [-0.3, -0.25) is 0 Å². The fourth-order valence-electron chi connectivity index (χ4n) is 1.49. The van der Waals surface area contributed by atoms with Gasteiger partial charge in [0, 0.05) is 0 Å². The maximum atomic E-state index is 11.3. The summed E-state index contributed by atoms with van der Waals surface area (Å²) in [5.41, 5.74) is 6.26. The van der Waals surface area contributed by atoms with E-state index in [1.165, 1.54) is 18.1 Å². The van der Waals surface area contributed by atoms with Crippen molar-refractivity contribution in [2.45, 2.75) is 13.8 Å². The van der Waals surface area contributed by atoms with Crippen LogP contribution in [-0.4, -0.2) is 39.4 Å². The van der Waals surface area contributed by atoms with E-state index in [1.54, 1.807) is 12.1 Å². The first-order valence-corrected chi connectivity index (χ1v) is 6.41. The second-order valence-electron chi connectivity index (χ2n) is 4.77. The van der Waals surface area contributed by atoms with E-state index in [2.05, 4.69) is 19.8 Å². The summed E-state index contributed by atoms with van der Waals surface area (Å²) in [6, 6.07) is 3.32. The third-order valence-corrected chi connectivity index (χ3v) is 2.52. The van der Waals surface area contributed by atoms with Gasteiger partial charge in [0.15, 0.2) is 5.82 Å². The number of nitrogens with zero attached hydrogens (tertiary/aromatic N) is 4. The van der Waals surface area contributed by atoms with Crippen molar-refractivity contribution >= 4 is 11.7 Å². The highest BCUT2D eigenvalue weighted by Gasteiger charge is 2.13. The number of esters is 1. The number of ether oxygens (including phenoxy) is 2. The molecular formula is C13H17N5O3. The molecule has 2 rings (SSSR count). The zero-order valence-electron chi connectivity index (χ0n) is 12.1. The SMILES string of the molecule is COC(=O)c1ncn(-c2ccc(N)c(OCC(C)C)n2)n1. The summed E-state index contributed by atoms with van der Waals surface area (Å²) in [5, 5.41) is 3.99. The quantitative estimate of drug-likeness (QED) is 0.821. The Hall–Kier alpha value is -2.64. The zero-order valence-corrected chi connectivity index (χ0v) is 12.1. The van der Waals surface area contributed by atoms with Crippen molar-refractivity contribution in [3.05, 3.63) is 24.3 Å². The number of anilines is 1. The van der Waals surface area contributed by atoms with Crippen LogP contribution in [0.15, 0.2) is 18.5 Å². The molecule has 0 amide bonds. The molecule has 0 atom stereocenters. The Labute approximate surface area is 121 Å². The maximum Gasteiger partial charge on any atom is 0.377 e. The van der Waals surface area contributed by atoms with Gasteiger partial charge >= 0.3 is 5.97 Å². The minimum absolute atomic E-state index is 0.0410. The molecular weight excluding hydrogens is 274 g/mol. The molecule has 0 aliphatic heterocycles. The molecule has 0 aliphatic carbocycles. The number of pyridine rings is 1. The lowest BCUT2D eigenvalue weighted by Gasteiger charge is -2.10. The highest BCUT2D eigenvalue weighted by molar-refractivity contribution is 5.84. The summed E-state index contributed by atoms with van der Waals surface area (Å²) in [7, 11) is 1.27. The van der Waals surface area contributed by atoms with E-state index in [4.69, 9.17) is 10.5 Å². The number of hydrogen-bond donors (Lipinski definition) is 1. The van der Waals surface area contributed by atoms with Crippen LogP contribution in [0.2, 0.25) is 0 Å². The van der Waals surface area contributed by atoms with Gasteiger partial charge < -0.3 is 15.2 Å². The minimum atomic E-state index is -0.611. The zero-order chi connectivity index (χ0) is 15.4. The topological polar surface area (TPSA) is 105 Å². The summed E-state index contributed by atoms with van der Waals surface area (Å²) < 4.78 is 11.5. The second kappa shape index (κ2) is 6.21. The van der Waals surface area contributed by atoms with E-state index in [-0.39, 0.29) is 5.82 Å². The van der Waals surface area contributed by atoms with E-state index < -0.39 is 5.97 Å². The number of aromatic nitrogens is 4. The number of hydrogen-bond acceptors (Lipinski definition) is 7. The molecule has 21 heavy (non-hydrogen) atoms. The highest BCUT2D eigenvalue weighted by atomic mass is 16.5. The smallest absolute Gasteiger partial charge is 0.377 e. The first kappa shape index (κ1) is 14.8. The summed E-state index contributed by atoms with van der Waals surface area (Å²) in [4.78, 5) is 19.5. The molecule has 0 bridgehead atoms. The first-order valence-electron chi connectivity index (χ1n) is 6.41. The summed E-state index contributed by atoms with van der Waals surface area (Å²) >= 11 is 0. The van der Waals surface area contributed by atoms with Gasteiger partial charge in [0.1, 0.15) is 6.33 Å². The lowest BCUT2D eigenvalue weighted by molar-refractivity contribution is 0.0587. The first-order chi connectivity index (χ1) is 10.0. The maximum absolute atomic E-state index is 11.3. The average molecular weight is 291 g/mol. The number of carbonyl (C=O) groups excluding carboxylic acids is 1. The molecule has 8 nitrogen and oxygen atoms in total. The Morgan fingerprint density at radius 1 is 1.43 bits per heavy atom. The molecule has 2 heterocycles. The predicted molar refractivity (Wildman–Crippen MR) is 75.2 cm³/mol. The third-order valence-electron chi connectivity index (χ3n) is 2.52. The minimum Gasteiger partial charge on any atom is -0.476 e. The summed E-state index contributed by atoms with van der Waals surface area (Å²) in [5.74, 6) is 0.482. The fourth-order valence-corrected chi connectivity index (χ4v) is 1.49. The lowest BCUT2D eigenvalue weighted by atomic mass is 10.2. The Balaban J connectivity index is 2.25. The van der Waals surface area contributed by atoms with Gasteiger partial charge in [0.25, 0.3) is 5.82 Å². The molecule has 0 aromatic carbocycles. The van der Waals surface area contributed by atoms with Crippen LogP contribution >= 0.6 is 0 Å². The van der Waals surface area contributed by atoms with E-state index in [9.17, 15) is 4.79 Å². The highest BCUT2D eigenvalue weighted by Crippen LogP contribution is 2.20. The third kappa shape index (κ3) is 3.47. The number of nitrogens with two attached hydrogens (primary N) is 1. The summed E-state index contributed by atoms with van der Waals surface area (Å²) in [6.07, 6.45) is 1.37. The van der Waals surface area contributed by atoms with Crippen LogP contribution < -0.4 is 10.5 Å². The van der Waals surface area contributed by atoms with Crippen molar-refractivity contribution in [1.82, 2.24) is 19.7 Å². The molecule has 0 aliphatic rings. The Morgan fingerprint density at radius 2 is 2.19 bits per heavy atom. The van der Waals surface area contributed by atoms with Crippen molar-refractivity contribution in [2.75, 3.05) is 19.5 Å². The monoisotopic (exact) mass is 291 g/mol. The molecule has 112 valence electrons. The molecule has 0 radical (unpaired) electrons. The van der Waals surface area contributed by atoms with Crippen molar-refractivity contribution in [3.63, 3.8) is 0 Å². The van der Waals surface area contributed by atoms with Gasteiger partial charge in [-0.15, -0.1) is 5.10 Å². The van der Waals surface area contributed by atoms with Crippen LogP contribution in [0.1, 0.15) is 24.5 Å². The molecule has 8 heteroatoms. The van der Waals surface area contributed by atoms with Gasteiger partial charge in [-0.1, -0.05) is 13.8 Å². The predicted octanol–water partition coefficient (Wildman–Crippen LogP) is 1.07. The van der Waals surface area contributed by atoms with E-state index in [1.807, 2.05) is 13.8 Å². The molecule has 0 fully saturated rings. The van der Waals surface area contributed by atoms with Crippen molar-refractivity contribution in [2.24, 2.45) is 5.92 Å². The number of rotatable bonds is 5. The van der Waals surface area contributed by atoms with Gasteiger partial charge in [0.05, 0.1) is 19.4 Å². The van der Waals surface area contributed by atoms with Crippen LogP contribution in [0.4, 0.5) is 5.69 Å². The second-order valence-corrected chi connectivity index (χ2v) is 4.77. The Morgan fingerprint density at radius 3 is 2.86 bits per heavy atom. The van der Waals surface area contributed by atoms with Crippen LogP contribution in [0.25, 0.3) is 5.82 Å². The molecule has 2 aromatic rings. The van der Waals surface area contributed by atoms with Gasteiger partial charge in [-0.25, -0.2) is 14.5 Å². The standard InChI is InChI=1S/C13H17N5O3/c1-8(2)6-21-12-9(14)4-5-10(16-12)18-7-15-11(17-18)13(19)20-3/h4-5,7-8H,6,14H2,1-3H3.